The van der Waals surface area contributed by atoms with Crippen LogP contribution in [0.4, 0.5) is 19.8 Å². The number of fused-ring (bicyclic) bond motifs is 1. The summed E-state index contributed by atoms with van der Waals surface area (Å²) in [6.45, 7) is 1.56. The summed E-state index contributed by atoms with van der Waals surface area (Å²) in [7, 11) is -0.889. The third-order valence-electron chi connectivity index (χ3n) is 5.34. The molecule has 2 amide bonds. The van der Waals surface area contributed by atoms with Crippen molar-refractivity contribution in [3.05, 3.63) is 47.4 Å². The third kappa shape index (κ3) is 5.20. The van der Waals surface area contributed by atoms with Gasteiger partial charge in [-0.2, -0.15) is 13.1 Å². The van der Waals surface area contributed by atoms with Crippen molar-refractivity contribution in [2.24, 2.45) is 0 Å². The zero-order valence-corrected chi connectivity index (χ0v) is 19.6. The van der Waals surface area contributed by atoms with Gasteiger partial charge < -0.3 is 14.4 Å². The van der Waals surface area contributed by atoms with Gasteiger partial charge >= 0.3 is 22.4 Å². The second-order valence-electron chi connectivity index (χ2n) is 8.26. The summed E-state index contributed by atoms with van der Waals surface area (Å²) >= 11 is 0. The lowest BCUT2D eigenvalue weighted by Gasteiger charge is -2.34. The molecule has 2 aliphatic rings. The number of carbonyl (C=O) groups is 2. The van der Waals surface area contributed by atoms with Crippen LogP contribution >= 0.6 is 0 Å². The van der Waals surface area contributed by atoms with Crippen molar-refractivity contribution in [3.8, 4) is 11.5 Å². The number of rotatable bonds is 7. The maximum Gasteiger partial charge on any atom is 0.416 e. The molecule has 34 heavy (non-hydrogen) atoms. The molecule has 11 nitrogen and oxygen atoms in total. The number of carbonyl (C=O) groups excluding carboxylic acids is 2. The first kappa shape index (κ1) is 23.7. The maximum atomic E-state index is 15.1. The van der Waals surface area contributed by atoms with E-state index in [9.17, 15) is 18.0 Å². The number of anilines is 1. The van der Waals surface area contributed by atoms with Crippen LogP contribution in [0.2, 0.25) is 0 Å². The minimum absolute atomic E-state index is 0.0582. The van der Waals surface area contributed by atoms with Gasteiger partial charge in [0, 0.05) is 43.5 Å². The fraction of sp³-hybridized carbons (Fsp3) is 0.381. The van der Waals surface area contributed by atoms with E-state index in [-0.39, 0.29) is 29.6 Å². The Labute approximate surface area is 196 Å². The van der Waals surface area contributed by atoms with E-state index in [1.165, 1.54) is 28.1 Å². The van der Waals surface area contributed by atoms with Crippen LogP contribution in [-0.4, -0.2) is 55.5 Å². The van der Waals surface area contributed by atoms with E-state index in [0.29, 0.717) is 5.56 Å². The van der Waals surface area contributed by atoms with Crippen molar-refractivity contribution in [2.75, 3.05) is 18.8 Å². The standard InChI is InChI=1S/C21H24FN5O6S/c1-12-16-7-6-15(32-20(28)26(2)3)10-17(16)33-21(29)27(12)11-13-8-9-23-19(18(13)22)25-34(30,31)24-14-4-5-14/h6-10,12,14,24H,4-5,11H2,1-3H3,(H,23,25)/t12-/m1/s1. The average Bonchev–Trinajstić information content (AvgIpc) is 3.56. The number of halogens is 1. The molecule has 1 atom stereocenters. The maximum absolute atomic E-state index is 15.1. The Balaban J connectivity index is 1.52. The van der Waals surface area contributed by atoms with Crippen LogP contribution < -0.4 is 18.9 Å². The Hall–Kier alpha value is -3.45. The molecule has 2 N–H and O–H groups in total. The molecule has 1 aromatic carbocycles. The van der Waals surface area contributed by atoms with Gasteiger partial charge in [0.1, 0.15) is 11.5 Å². The summed E-state index contributed by atoms with van der Waals surface area (Å²) in [5.74, 6) is -0.910. The highest BCUT2D eigenvalue weighted by molar-refractivity contribution is 7.90. The van der Waals surface area contributed by atoms with Gasteiger partial charge in [0.2, 0.25) is 0 Å². The van der Waals surface area contributed by atoms with Gasteiger partial charge in [-0.3, -0.25) is 9.62 Å². The topological polar surface area (TPSA) is 130 Å². The zero-order valence-electron chi connectivity index (χ0n) is 18.7. The highest BCUT2D eigenvalue weighted by Gasteiger charge is 2.33. The molecular formula is C21H24FN5O6S. The quantitative estimate of drug-likeness (QED) is 0.607. The lowest BCUT2D eigenvalue weighted by molar-refractivity contribution is 0.116. The van der Waals surface area contributed by atoms with Crippen LogP contribution in [0.15, 0.2) is 30.5 Å². The fourth-order valence-corrected chi connectivity index (χ4v) is 4.45. The van der Waals surface area contributed by atoms with Gasteiger partial charge in [0.15, 0.2) is 11.6 Å². The van der Waals surface area contributed by atoms with E-state index >= 15 is 4.39 Å². The molecule has 1 aliphatic heterocycles. The number of ether oxygens (including phenoxy) is 2. The number of aromatic nitrogens is 1. The van der Waals surface area contributed by atoms with Crippen LogP contribution in [0.25, 0.3) is 0 Å². The summed E-state index contributed by atoms with van der Waals surface area (Å²) in [5, 5.41) is 0. The number of benzene rings is 1. The molecule has 2 heterocycles. The smallest absolute Gasteiger partial charge is 0.410 e. The van der Waals surface area contributed by atoms with E-state index in [0.717, 1.165) is 12.8 Å². The molecular weight excluding hydrogens is 469 g/mol. The zero-order chi connectivity index (χ0) is 24.6. The second-order valence-corrected chi connectivity index (χ2v) is 9.71. The summed E-state index contributed by atoms with van der Waals surface area (Å²) in [5.41, 5.74) is 0.691. The van der Waals surface area contributed by atoms with E-state index in [1.807, 2.05) is 0 Å². The largest absolute Gasteiger partial charge is 0.416 e. The van der Waals surface area contributed by atoms with Crippen LogP contribution in [0.1, 0.15) is 36.9 Å². The van der Waals surface area contributed by atoms with E-state index in [2.05, 4.69) is 14.4 Å². The van der Waals surface area contributed by atoms with Crippen molar-refractivity contribution in [3.63, 3.8) is 0 Å². The molecule has 1 aliphatic carbocycles. The molecule has 182 valence electrons. The molecule has 0 bridgehead atoms. The molecule has 1 aromatic heterocycles. The van der Waals surface area contributed by atoms with Crippen LogP contribution in [-0.2, 0) is 16.8 Å². The van der Waals surface area contributed by atoms with Crippen molar-refractivity contribution >= 4 is 28.2 Å². The van der Waals surface area contributed by atoms with Crippen LogP contribution in [0.3, 0.4) is 0 Å². The minimum Gasteiger partial charge on any atom is -0.410 e. The second kappa shape index (κ2) is 9.06. The first-order chi connectivity index (χ1) is 16.0. The predicted octanol–water partition coefficient (Wildman–Crippen LogP) is 2.77. The Morgan fingerprint density at radius 2 is 2.06 bits per heavy atom. The van der Waals surface area contributed by atoms with Crippen molar-refractivity contribution in [1.29, 1.82) is 0 Å². The number of nitrogens with one attached hydrogen (secondary N) is 2. The van der Waals surface area contributed by atoms with E-state index in [1.54, 1.807) is 33.2 Å². The number of hydrogen-bond acceptors (Lipinski definition) is 7. The predicted molar refractivity (Wildman–Crippen MR) is 119 cm³/mol. The molecule has 4 rings (SSSR count). The summed E-state index contributed by atoms with van der Waals surface area (Å²) in [4.78, 5) is 30.8. The molecule has 0 unspecified atom stereocenters. The molecule has 0 spiro atoms. The Kier molecular flexibility index (Phi) is 6.32. The van der Waals surface area contributed by atoms with Gasteiger partial charge in [-0.05, 0) is 38.0 Å². The van der Waals surface area contributed by atoms with Gasteiger partial charge in [-0.25, -0.2) is 19.0 Å². The first-order valence-electron chi connectivity index (χ1n) is 10.5. The molecule has 13 heteroatoms. The number of nitrogens with zero attached hydrogens (tertiary/aromatic N) is 3. The van der Waals surface area contributed by atoms with Gasteiger partial charge in [-0.1, -0.05) is 0 Å². The Morgan fingerprint density at radius 3 is 2.74 bits per heavy atom. The molecule has 1 fully saturated rings. The molecule has 0 radical (unpaired) electrons. The first-order valence-corrected chi connectivity index (χ1v) is 12.0. The monoisotopic (exact) mass is 493 g/mol. The normalized spacial score (nSPS) is 17.6. The summed E-state index contributed by atoms with van der Waals surface area (Å²) in [6, 6.07) is 5.37. The molecule has 0 saturated heterocycles. The van der Waals surface area contributed by atoms with Gasteiger partial charge in [-0.15, -0.1) is 0 Å². The Bertz CT molecular complexity index is 1230. The van der Waals surface area contributed by atoms with Crippen LogP contribution in [0.5, 0.6) is 11.5 Å². The summed E-state index contributed by atoms with van der Waals surface area (Å²) < 4.78 is 54.4. The number of hydrogen-bond donors (Lipinski definition) is 2. The lowest BCUT2D eigenvalue weighted by Crippen LogP contribution is -2.39. The fourth-order valence-electron chi connectivity index (χ4n) is 3.32. The van der Waals surface area contributed by atoms with E-state index in [4.69, 9.17) is 9.47 Å². The van der Waals surface area contributed by atoms with Crippen molar-refractivity contribution in [1.82, 2.24) is 19.5 Å². The molecule has 1 saturated carbocycles. The van der Waals surface area contributed by atoms with Crippen LogP contribution in [0, 0.1) is 5.82 Å². The van der Waals surface area contributed by atoms with E-state index < -0.39 is 40.1 Å². The number of amides is 2. The van der Waals surface area contributed by atoms with Gasteiger partial charge in [0.25, 0.3) is 0 Å². The Morgan fingerprint density at radius 1 is 1.32 bits per heavy atom. The lowest BCUT2D eigenvalue weighted by atomic mass is 10.0. The average molecular weight is 494 g/mol. The third-order valence-corrected chi connectivity index (χ3v) is 6.45. The SMILES string of the molecule is C[C@@H]1c2ccc(OC(=O)N(C)C)cc2OC(=O)N1Cc1ccnc(NS(=O)(=O)NC2CC2)c1F. The van der Waals surface area contributed by atoms with Gasteiger partial charge in [0.05, 0.1) is 12.6 Å². The number of pyridine rings is 1. The van der Waals surface area contributed by atoms with Crippen molar-refractivity contribution in [2.45, 2.75) is 38.4 Å². The van der Waals surface area contributed by atoms with Crippen molar-refractivity contribution < 1.29 is 31.9 Å². The minimum atomic E-state index is -3.97. The summed E-state index contributed by atoms with van der Waals surface area (Å²) in [6.07, 6.45) is 1.40. The highest BCUT2D eigenvalue weighted by Crippen LogP contribution is 2.38. The highest BCUT2D eigenvalue weighted by atomic mass is 32.2. The molecule has 2 aromatic rings.